The molecule has 2 heterocycles. The summed E-state index contributed by atoms with van der Waals surface area (Å²) in [7, 11) is 7.22. The van der Waals surface area contributed by atoms with E-state index in [0.29, 0.717) is 23.9 Å². The van der Waals surface area contributed by atoms with Crippen LogP contribution in [-0.2, 0) is 17.7 Å². The number of aromatic nitrogens is 2. The van der Waals surface area contributed by atoms with E-state index in [2.05, 4.69) is 23.3 Å². The summed E-state index contributed by atoms with van der Waals surface area (Å²) in [5, 5.41) is 5.91. The molecule has 0 amide bonds. The van der Waals surface area contributed by atoms with Gasteiger partial charge in [-0.1, -0.05) is 18.5 Å². The number of pyridine rings is 2. The maximum absolute atomic E-state index is 6.79. The number of fused-ring (bicyclic) bond motifs is 1. The first-order valence-corrected chi connectivity index (χ1v) is 11.5. The number of hydrogen-bond donors (Lipinski definition) is 1. The zero-order valence-corrected chi connectivity index (χ0v) is 21.0. The Hall–Kier alpha value is -2.61. The molecule has 0 aliphatic heterocycles. The van der Waals surface area contributed by atoms with Gasteiger partial charge in [0, 0.05) is 68.0 Å². The van der Waals surface area contributed by atoms with Crippen LogP contribution in [0.3, 0.4) is 0 Å². The molecule has 8 heteroatoms. The van der Waals surface area contributed by atoms with E-state index in [0.717, 1.165) is 64.4 Å². The monoisotopic (exact) mass is 472 g/mol. The summed E-state index contributed by atoms with van der Waals surface area (Å²) in [5.41, 5.74) is 3.52. The third kappa shape index (κ3) is 5.49. The van der Waals surface area contributed by atoms with Gasteiger partial charge in [0.05, 0.1) is 37.2 Å². The van der Waals surface area contributed by atoms with Crippen molar-refractivity contribution in [3.8, 4) is 22.8 Å². The Kier molecular flexibility index (Phi) is 8.72. The van der Waals surface area contributed by atoms with Gasteiger partial charge < -0.3 is 24.4 Å². The molecule has 1 N–H and O–H groups in total. The number of rotatable bonds is 11. The molecule has 0 aliphatic rings. The van der Waals surface area contributed by atoms with Crippen LogP contribution < -0.4 is 19.7 Å². The molecule has 1 aromatic carbocycles. The Balaban J connectivity index is 2.10. The molecule has 0 spiro atoms. The number of anilines is 1. The van der Waals surface area contributed by atoms with Crippen molar-refractivity contribution in [1.29, 1.82) is 0 Å². The second-order valence-electron chi connectivity index (χ2n) is 7.80. The summed E-state index contributed by atoms with van der Waals surface area (Å²) in [6.45, 7) is 6.91. The molecule has 0 fully saturated rings. The lowest BCUT2D eigenvalue weighted by Crippen LogP contribution is -2.20. The third-order valence-corrected chi connectivity index (χ3v) is 5.83. The molecule has 3 aromatic rings. The van der Waals surface area contributed by atoms with Gasteiger partial charge in [-0.25, -0.2) is 4.98 Å². The average molecular weight is 473 g/mol. The molecule has 7 nitrogen and oxygen atoms in total. The first-order chi connectivity index (χ1) is 15.9. The van der Waals surface area contributed by atoms with Gasteiger partial charge in [-0.15, -0.1) is 0 Å². The standard InChI is InChI=1S/C25H33ClN4O3/c1-7-18-21(31-5)13-22(32-6)24(26)23(18)20-11-16-14-28-17(15-27-9-10-33-8-2)12-19(16)25(29-20)30(3)4/h11-14,27H,7-10,15H2,1-6H3. The van der Waals surface area contributed by atoms with Crippen molar-refractivity contribution < 1.29 is 14.2 Å². The van der Waals surface area contributed by atoms with Gasteiger partial charge in [-0.2, -0.15) is 0 Å². The predicted octanol–water partition coefficient (Wildman–Crippen LogP) is 4.72. The number of benzene rings is 1. The fourth-order valence-corrected chi connectivity index (χ4v) is 4.18. The Morgan fingerprint density at radius 1 is 1.06 bits per heavy atom. The van der Waals surface area contributed by atoms with Crippen molar-refractivity contribution in [2.75, 3.05) is 53.0 Å². The number of nitrogens with zero attached hydrogens (tertiary/aromatic N) is 3. The lowest BCUT2D eigenvalue weighted by atomic mass is 9.98. The summed E-state index contributed by atoms with van der Waals surface area (Å²) in [5.74, 6) is 2.13. The molecular weight excluding hydrogens is 440 g/mol. The Morgan fingerprint density at radius 3 is 2.45 bits per heavy atom. The minimum atomic E-state index is 0.523. The van der Waals surface area contributed by atoms with Crippen LogP contribution in [-0.4, -0.2) is 58.0 Å². The van der Waals surface area contributed by atoms with E-state index in [1.807, 2.05) is 44.2 Å². The highest BCUT2D eigenvalue weighted by molar-refractivity contribution is 6.35. The molecule has 0 bridgehead atoms. The fraction of sp³-hybridized carbons (Fsp3) is 0.440. The van der Waals surface area contributed by atoms with E-state index >= 15 is 0 Å². The van der Waals surface area contributed by atoms with E-state index in [9.17, 15) is 0 Å². The molecule has 3 rings (SSSR count). The summed E-state index contributed by atoms with van der Waals surface area (Å²) in [6, 6.07) is 5.94. The largest absolute Gasteiger partial charge is 0.496 e. The van der Waals surface area contributed by atoms with Crippen molar-refractivity contribution in [1.82, 2.24) is 15.3 Å². The molecule has 0 radical (unpaired) electrons. The van der Waals surface area contributed by atoms with Gasteiger partial charge in [0.1, 0.15) is 17.3 Å². The molecular formula is C25H33ClN4O3. The van der Waals surface area contributed by atoms with Crippen LogP contribution in [0.25, 0.3) is 22.0 Å². The highest BCUT2D eigenvalue weighted by atomic mass is 35.5. The first-order valence-electron chi connectivity index (χ1n) is 11.1. The molecule has 178 valence electrons. The predicted molar refractivity (Wildman–Crippen MR) is 135 cm³/mol. The van der Waals surface area contributed by atoms with Gasteiger partial charge in [-0.3, -0.25) is 4.98 Å². The van der Waals surface area contributed by atoms with Crippen molar-refractivity contribution in [3.63, 3.8) is 0 Å². The van der Waals surface area contributed by atoms with Crippen molar-refractivity contribution in [2.24, 2.45) is 0 Å². The number of ether oxygens (including phenoxy) is 3. The van der Waals surface area contributed by atoms with Crippen LogP contribution in [0.5, 0.6) is 11.5 Å². The summed E-state index contributed by atoms with van der Waals surface area (Å²) in [6.07, 6.45) is 2.63. The van der Waals surface area contributed by atoms with Gasteiger partial charge in [0.15, 0.2) is 0 Å². The maximum Gasteiger partial charge on any atom is 0.141 e. The summed E-state index contributed by atoms with van der Waals surface area (Å²) >= 11 is 6.79. The van der Waals surface area contributed by atoms with Gasteiger partial charge in [-0.05, 0) is 25.5 Å². The van der Waals surface area contributed by atoms with Crippen LogP contribution in [0.2, 0.25) is 5.02 Å². The van der Waals surface area contributed by atoms with E-state index in [1.165, 1.54) is 0 Å². The number of methoxy groups -OCH3 is 2. The van der Waals surface area contributed by atoms with Crippen LogP contribution in [0.1, 0.15) is 25.1 Å². The van der Waals surface area contributed by atoms with E-state index in [1.54, 1.807) is 14.2 Å². The molecule has 0 saturated heterocycles. The zero-order chi connectivity index (χ0) is 24.0. The topological polar surface area (TPSA) is 68.7 Å². The van der Waals surface area contributed by atoms with Crippen molar-refractivity contribution in [3.05, 3.63) is 40.7 Å². The van der Waals surface area contributed by atoms with Gasteiger partial charge >= 0.3 is 0 Å². The van der Waals surface area contributed by atoms with E-state index < -0.39 is 0 Å². The average Bonchev–Trinajstić information content (AvgIpc) is 2.82. The van der Waals surface area contributed by atoms with Gasteiger partial charge in [0.25, 0.3) is 0 Å². The third-order valence-electron chi connectivity index (χ3n) is 5.45. The van der Waals surface area contributed by atoms with Crippen LogP contribution >= 0.6 is 11.6 Å². The highest BCUT2D eigenvalue weighted by Crippen LogP contribution is 2.44. The van der Waals surface area contributed by atoms with Crippen LogP contribution in [0.4, 0.5) is 5.82 Å². The van der Waals surface area contributed by atoms with Crippen LogP contribution in [0.15, 0.2) is 24.4 Å². The number of nitrogens with one attached hydrogen (secondary N) is 1. The summed E-state index contributed by atoms with van der Waals surface area (Å²) < 4.78 is 16.5. The molecule has 0 aliphatic carbocycles. The first kappa shape index (κ1) is 25.0. The van der Waals surface area contributed by atoms with E-state index in [-0.39, 0.29) is 0 Å². The zero-order valence-electron chi connectivity index (χ0n) is 20.3. The minimum absolute atomic E-state index is 0.523. The number of halogens is 1. The highest BCUT2D eigenvalue weighted by Gasteiger charge is 2.21. The normalized spacial score (nSPS) is 11.1. The maximum atomic E-state index is 6.79. The minimum Gasteiger partial charge on any atom is -0.496 e. The van der Waals surface area contributed by atoms with Crippen molar-refractivity contribution in [2.45, 2.75) is 26.8 Å². The molecule has 0 atom stereocenters. The second-order valence-corrected chi connectivity index (χ2v) is 8.18. The molecule has 0 saturated carbocycles. The quantitative estimate of drug-likeness (QED) is 0.405. The van der Waals surface area contributed by atoms with Crippen molar-refractivity contribution >= 4 is 28.2 Å². The van der Waals surface area contributed by atoms with Crippen LogP contribution in [0, 0.1) is 0 Å². The van der Waals surface area contributed by atoms with Gasteiger partial charge in [0.2, 0.25) is 0 Å². The lowest BCUT2D eigenvalue weighted by Gasteiger charge is -2.20. The Morgan fingerprint density at radius 2 is 1.82 bits per heavy atom. The smallest absolute Gasteiger partial charge is 0.141 e. The fourth-order valence-electron chi connectivity index (χ4n) is 3.84. The molecule has 0 unspecified atom stereocenters. The second kappa shape index (κ2) is 11.5. The SMILES string of the molecule is CCOCCNCc1cc2c(N(C)C)nc(-c3c(Cl)c(OC)cc(OC)c3CC)cc2cn1. The Labute approximate surface area is 201 Å². The Bertz CT molecular complexity index is 1100. The van der Waals surface area contributed by atoms with E-state index in [4.69, 9.17) is 30.8 Å². The molecule has 2 aromatic heterocycles. The molecule has 33 heavy (non-hydrogen) atoms. The number of hydrogen-bond acceptors (Lipinski definition) is 7. The summed E-state index contributed by atoms with van der Waals surface area (Å²) in [4.78, 5) is 11.7. The lowest BCUT2D eigenvalue weighted by molar-refractivity contribution is 0.149.